The molecule has 0 saturated carbocycles. The van der Waals surface area contributed by atoms with Crippen LogP contribution in [0, 0.1) is 17.8 Å². The van der Waals surface area contributed by atoms with Crippen LogP contribution in [0.5, 0.6) is 0 Å². The third kappa shape index (κ3) is 19.2. The first-order valence-corrected chi connectivity index (χ1v) is 13.2. The molecule has 0 saturated heterocycles. The van der Waals surface area contributed by atoms with Gasteiger partial charge in [-0.3, -0.25) is 4.79 Å². The fraction of sp³-hybridized carbons (Fsp3) is 0.963. The Bertz CT molecular complexity index is 350. The van der Waals surface area contributed by atoms with Gasteiger partial charge in [0.25, 0.3) is 0 Å². The first kappa shape index (κ1) is 28.5. The maximum atomic E-state index is 11.7. The highest BCUT2D eigenvalue weighted by Crippen LogP contribution is 2.27. The third-order valence-electron chi connectivity index (χ3n) is 6.46. The van der Waals surface area contributed by atoms with Crippen LogP contribution in [0.4, 0.5) is 0 Å². The quantitative estimate of drug-likeness (QED) is 0.180. The molecule has 174 valence electrons. The maximum Gasteiger partial charge on any atom is 0.306 e. The van der Waals surface area contributed by atoms with Crippen LogP contribution >= 0.6 is 0 Å². The first-order valence-electron chi connectivity index (χ1n) is 13.2. The van der Waals surface area contributed by atoms with Gasteiger partial charge >= 0.3 is 5.97 Å². The zero-order chi connectivity index (χ0) is 21.7. The Morgan fingerprint density at radius 2 is 1.10 bits per heavy atom. The lowest BCUT2D eigenvalue weighted by Crippen LogP contribution is -2.18. The van der Waals surface area contributed by atoms with Gasteiger partial charge in [0.2, 0.25) is 0 Å². The number of hydrogen-bond acceptors (Lipinski definition) is 1. The molecule has 0 aliphatic carbocycles. The summed E-state index contributed by atoms with van der Waals surface area (Å²) in [5, 5.41) is 9.65. The fourth-order valence-electron chi connectivity index (χ4n) is 4.57. The standard InChI is InChI=1S/C27H54O2/c1-5-7-16-21-25(19-6-2)23-26(27(28)29)22-18-15-13-11-9-8-10-12-14-17-20-24(3)4/h24-26H,5-23H2,1-4H3,(H,28,29). The lowest BCUT2D eigenvalue weighted by molar-refractivity contribution is -0.142. The molecule has 2 nitrogen and oxygen atoms in total. The van der Waals surface area contributed by atoms with Gasteiger partial charge in [0.15, 0.2) is 0 Å². The average molecular weight is 411 g/mol. The third-order valence-corrected chi connectivity index (χ3v) is 6.46. The summed E-state index contributed by atoms with van der Waals surface area (Å²) >= 11 is 0. The van der Waals surface area contributed by atoms with Crippen molar-refractivity contribution in [3.05, 3.63) is 0 Å². The van der Waals surface area contributed by atoms with Crippen LogP contribution in [0.2, 0.25) is 0 Å². The molecule has 0 aromatic carbocycles. The minimum Gasteiger partial charge on any atom is -0.481 e. The zero-order valence-electron chi connectivity index (χ0n) is 20.5. The number of hydrogen-bond donors (Lipinski definition) is 1. The van der Waals surface area contributed by atoms with Gasteiger partial charge in [-0.2, -0.15) is 0 Å². The lowest BCUT2D eigenvalue weighted by Gasteiger charge is -2.21. The van der Waals surface area contributed by atoms with E-state index in [1.165, 1.54) is 103 Å². The molecule has 2 atom stereocenters. The Morgan fingerprint density at radius 1 is 0.621 bits per heavy atom. The van der Waals surface area contributed by atoms with Crippen LogP contribution < -0.4 is 0 Å². The largest absolute Gasteiger partial charge is 0.481 e. The van der Waals surface area contributed by atoms with Gasteiger partial charge in [-0.15, -0.1) is 0 Å². The van der Waals surface area contributed by atoms with Crippen molar-refractivity contribution < 1.29 is 9.90 Å². The molecule has 0 fully saturated rings. The van der Waals surface area contributed by atoms with Crippen LogP contribution in [0.25, 0.3) is 0 Å². The summed E-state index contributed by atoms with van der Waals surface area (Å²) in [4.78, 5) is 11.7. The highest BCUT2D eigenvalue weighted by atomic mass is 16.4. The normalized spacial score (nSPS) is 13.7. The molecule has 0 radical (unpaired) electrons. The Kier molecular flexibility index (Phi) is 20.4. The van der Waals surface area contributed by atoms with Gasteiger partial charge in [-0.25, -0.2) is 0 Å². The van der Waals surface area contributed by atoms with E-state index in [1.807, 2.05) is 0 Å². The van der Waals surface area contributed by atoms with Crippen molar-refractivity contribution in [1.29, 1.82) is 0 Å². The summed E-state index contributed by atoms with van der Waals surface area (Å²) < 4.78 is 0. The summed E-state index contributed by atoms with van der Waals surface area (Å²) in [6, 6.07) is 0. The molecule has 0 amide bonds. The Balaban J connectivity index is 3.76. The van der Waals surface area contributed by atoms with Crippen molar-refractivity contribution in [2.45, 2.75) is 150 Å². The van der Waals surface area contributed by atoms with E-state index < -0.39 is 5.97 Å². The van der Waals surface area contributed by atoms with E-state index in [-0.39, 0.29) is 5.92 Å². The van der Waals surface area contributed by atoms with Gasteiger partial charge < -0.3 is 5.11 Å². The van der Waals surface area contributed by atoms with Crippen molar-refractivity contribution in [3.63, 3.8) is 0 Å². The molecule has 0 bridgehead atoms. The highest BCUT2D eigenvalue weighted by molar-refractivity contribution is 5.69. The van der Waals surface area contributed by atoms with E-state index in [1.54, 1.807) is 0 Å². The van der Waals surface area contributed by atoms with Gasteiger partial charge in [0, 0.05) is 0 Å². The molecule has 0 aliphatic rings. The molecule has 0 spiro atoms. The predicted molar refractivity (Wildman–Crippen MR) is 129 cm³/mol. The Labute approximate surface area is 183 Å². The molecular weight excluding hydrogens is 356 g/mol. The van der Waals surface area contributed by atoms with E-state index in [0.29, 0.717) is 5.92 Å². The molecule has 29 heavy (non-hydrogen) atoms. The van der Waals surface area contributed by atoms with Gasteiger partial charge in [0.05, 0.1) is 5.92 Å². The smallest absolute Gasteiger partial charge is 0.306 e. The molecule has 0 rings (SSSR count). The van der Waals surface area contributed by atoms with E-state index >= 15 is 0 Å². The number of aliphatic carboxylic acids is 1. The van der Waals surface area contributed by atoms with Crippen LogP contribution in [-0.4, -0.2) is 11.1 Å². The van der Waals surface area contributed by atoms with Gasteiger partial charge in [0.1, 0.15) is 0 Å². The van der Waals surface area contributed by atoms with Gasteiger partial charge in [-0.05, 0) is 24.7 Å². The summed E-state index contributed by atoms with van der Waals surface area (Å²) in [6.45, 7) is 9.10. The molecule has 1 N–H and O–H groups in total. The molecule has 0 aromatic heterocycles. The van der Waals surface area contributed by atoms with Crippen molar-refractivity contribution in [1.82, 2.24) is 0 Å². The van der Waals surface area contributed by atoms with E-state index in [0.717, 1.165) is 25.2 Å². The molecule has 2 heteroatoms. The minimum absolute atomic E-state index is 0.112. The van der Waals surface area contributed by atoms with Crippen LogP contribution in [0.3, 0.4) is 0 Å². The topological polar surface area (TPSA) is 37.3 Å². The van der Waals surface area contributed by atoms with Crippen molar-refractivity contribution >= 4 is 5.97 Å². The fourth-order valence-corrected chi connectivity index (χ4v) is 4.57. The zero-order valence-corrected chi connectivity index (χ0v) is 20.5. The van der Waals surface area contributed by atoms with Crippen molar-refractivity contribution in [2.75, 3.05) is 0 Å². The predicted octanol–water partition coefficient (Wildman–Crippen LogP) is 9.41. The van der Waals surface area contributed by atoms with Crippen molar-refractivity contribution in [2.24, 2.45) is 17.8 Å². The number of carboxylic acids is 1. The summed E-state index contributed by atoms with van der Waals surface area (Å²) in [5.41, 5.74) is 0. The number of carbonyl (C=O) groups is 1. The van der Waals surface area contributed by atoms with Crippen LogP contribution in [-0.2, 0) is 4.79 Å². The second kappa shape index (κ2) is 20.7. The summed E-state index contributed by atoms with van der Waals surface area (Å²) in [6.07, 6.45) is 23.9. The maximum absolute atomic E-state index is 11.7. The molecule has 0 aromatic rings. The monoisotopic (exact) mass is 410 g/mol. The second-order valence-corrected chi connectivity index (χ2v) is 9.93. The number of carboxylic acid groups (broad SMARTS) is 1. The molecular formula is C27H54O2. The second-order valence-electron chi connectivity index (χ2n) is 9.93. The molecule has 2 unspecified atom stereocenters. The van der Waals surface area contributed by atoms with Crippen LogP contribution in [0.15, 0.2) is 0 Å². The summed E-state index contributed by atoms with van der Waals surface area (Å²) in [5.74, 6) is 0.806. The van der Waals surface area contributed by atoms with E-state index in [4.69, 9.17) is 0 Å². The first-order chi connectivity index (χ1) is 14.0. The van der Waals surface area contributed by atoms with Crippen LogP contribution in [0.1, 0.15) is 150 Å². The minimum atomic E-state index is -0.556. The number of rotatable bonds is 22. The summed E-state index contributed by atoms with van der Waals surface area (Å²) in [7, 11) is 0. The Hall–Kier alpha value is -0.530. The molecule has 0 heterocycles. The highest BCUT2D eigenvalue weighted by Gasteiger charge is 2.21. The molecule has 0 aliphatic heterocycles. The SMILES string of the molecule is CCCCCC(CCC)CC(CCCCCCCCCCCCC(C)C)C(=O)O. The number of unbranched alkanes of at least 4 members (excludes halogenated alkanes) is 11. The lowest BCUT2D eigenvalue weighted by atomic mass is 9.85. The van der Waals surface area contributed by atoms with E-state index in [9.17, 15) is 9.90 Å². The Morgan fingerprint density at radius 3 is 1.55 bits per heavy atom. The van der Waals surface area contributed by atoms with E-state index in [2.05, 4.69) is 27.7 Å². The van der Waals surface area contributed by atoms with Crippen molar-refractivity contribution in [3.8, 4) is 0 Å². The average Bonchev–Trinajstić information content (AvgIpc) is 2.67. The van der Waals surface area contributed by atoms with Gasteiger partial charge in [-0.1, -0.05) is 137 Å².